The van der Waals surface area contributed by atoms with Gasteiger partial charge in [-0.25, -0.2) is 4.98 Å². The van der Waals surface area contributed by atoms with Crippen molar-refractivity contribution in [2.45, 2.75) is 20.4 Å². The highest BCUT2D eigenvalue weighted by atomic mass is 15.3. The number of piperazine rings is 1. The largest absolute Gasteiger partial charge is 0.354 e. The molecular weight excluding hydrogens is 300 g/mol. The van der Waals surface area contributed by atoms with Gasteiger partial charge in [0, 0.05) is 64.8 Å². The second-order valence-electron chi connectivity index (χ2n) is 6.59. The molecule has 1 saturated heterocycles. The van der Waals surface area contributed by atoms with Gasteiger partial charge in [-0.05, 0) is 25.5 Å². The average Bonchev–Trinajstić information content (AvgIpc) is 2.57. The Morgan fingerprint density at radius 2 is 1.83 bits per heavy atom. The topological polar surface area (TPSA) is 48.4 Å². The van der Waals surface area contributed by atoms with Crippen molar-refractivity contribution < 1.29 is 0 Å². The summed E-state index contributed by atoms with van der Waals surface area (Å²) in [4.78, 5) is 20.4. The summed E-state index contributed by atoms with van der Waals surface area (Å²) in [6.07, 6.45) is 1.88. The van der Waals surface area contributed by atoms with Crippen LogP contribution in [-0.2, 0) is 6.54 Å². The summed E-state index contributed by atoms with van der Waals surface area (Å²) in [5, 5.41) is 0. The first-order valence-corrected chi connectivity index (χ1v) is 8.44. The predicted octanol–water partition coefficient (Wildman–Crippen LogP) is 1.88. The molecule has 0 radical (unpaired) electrons. The fraction of sp³-hybridized carbons (Fsp3) is 0.500. The molecule has 1 aliphatic rings. The van der Waals surface area contributed by atoms with E-state index in [1.165, 1.54) is 11.3 Å². The Balaban J connectivity index is 1.64. The molecule has 0 saturated carbocycles. The molecule has 0 aromatic carbocycles. The normalized spacial score (nSPS) is 15.6. The molecule has 0 N–H and O–H groups in total. The monoisotopic (exact) mass is 326 g/mol. The van der Waals surface area contributed by atoms with Crippen LogP contribution in [0.25, 0.3) is 0 Å². The minimum Gasteiger partial charge on any atom is -0.354 e. The van der Waals surface area contributed by atoms with Crippen LogP contribution in [0.1, 0.15) is 17.0 Å². The third kappa shape index (κ3) is 3.82. The lowest BCUT2D eigenvalue weighted by molar-refractivity contribution is 0.246. The number of aromatic nitrogens is 3. The number of hydrogen-bond donors (Lipinski definition) is 0. The van der Waals surface area contributed by atoms with E-state index in [4.69, 9.17) is 0 Å². The van der Waals surface area contributed by atoms with E-state index in [1.807, 2.05) is 38.2 Å². The van der Waals surface area contributed by atoms with E-state index >= 15 is 0 Å². The standard InChI is InChI=1S/C18H26N6/c1-14-6-5-7-19-16(14)13-23-8-10-24(11-9-23)17-12-15(2)20-18(21-17)22(3)4/h5-7,12H,8-11,13H2,1-4H3. The smallest absolute Gasteiger partial charge is 0.226 e. The van der Waals surface area contributed by atoms with Crippen LogP contribution in [0.3, 0.4) is 0 Å². The first-order valence-electron chi connectivity index (χ1n) is 8.44. The molecule has 2 aromatic rings. The van der Waals surface area contributed by atoms with Gasteiger partial charge < -0.3 is 9.80 Å². The second-order valence-corrected chi connectivity index (χ2v) is 6.59. The van der Waals surface area contributed by atoms with E-state index in [2.05, 4.69) is 43.8 Å². The van der Waals surface area contributed by atoms with Gasteiger partial charge in [0.1, 0.15) is 5.82 Å². The first-order chi connectivity index (χ1) is 11.5. The van der Waals surface area contributed by atoms with Gasteiger partial charge >= 0.3 is 0 Å². The number of pyridine rings is 1. The lowest BCUT2D eigenvalue weighted by Gasteiger charge is -2.35. The van der Waals surface area contributed by atoms with Crippen molar-refractivity contribution in [1.82, 2.24) is 19.9 Å². The minimum absolute atomic E-state index is 0.775. The van der Waals surface area contributed by atoms with Crippen molar-refractivity contribution in [2.24, 2.45) is 0 Å². The molecule has 3 rings (SSSR count). The summed E-state index contributed by atoms with van der Waals surface area (Å²) in [7, 11) is 3.96. The molecule has 2 aromatic heterocycles. The maximum atomic E-state index is 4.69. The van der Waals surface area contributed by atoms with E-state index in [1.54, 1.807) is 0 Å². The average molecular weight is 326 g/mol. The lowest BCUT2D eigenvalue weighted by atomic mass is 10.2. The molecule has 0 amide bonds. The molecule has 128 valence electrons. The van der Waals surface area contributed by atoms with Gasteiger partial charge in [0.15, 0.2) is 0 Å². The van der Waals surface area contributed by atoms with Crippen molar-refractivity contribution in [3.05, 3.63) is 41.3 Å². The zero-order valence-corrected chi connectivity index (χ0v) is 15.0. The summed E-state index contributed by atoms with van der Waals surface area (Å²) in [6, 6.07) is 6.20. The van der Waals surface area contributed by atoms with Gasteiger partial charge in [0.05, 0.1) is 5.69 Å². The van der Waals surface area contributed by atoms with Crippen LogP contribution in [0, 0.1) is 13.8 Å². The van der Waals surface area contributed by atoms with Crippen molar-refractivity contribution >= 4 is 11.8 Å². The highest BCUT2D eigenvalue weighted by Crippen LogP contribution is 2.19. The molecule has 0 atom stereocenters. The van der Waals surface area contributed by atoms with Crippen LogP contribution in [0.2, 0.25) is 0 Å². The van der Waals surface area contributed by atoms with E-state index in [-0.39, 0.29) is 0 Å². The summed E-state index contributed by atoms with van der Waals surface area (Å²) in [5.74, 6) is 1.80. The summed E-state index contributed by atoms with van der Waals surface area (Å²) >= 11 is 0. The van der Waals surface area contributed by atoms with Crippen LogP contribution in [0.5, 0.6) is 0 Å². The molecule has 24 heavy (non-hydrogen) atoms. The first kappa shape index (κ1) is 16.6. The molecular formula is C18H26N6. The number of anilines is 2. The van der Waals surface area contributed by atoms with E-state index in [9.17, 15) is 0 Å². The van der Waals surface area contributed by atoms with E-state index < -0.39 is 0 Å². The van der Waals surface area contributed by atoms with Gasteiger partial charge in [-0.1, -0.05) is 6.07 Å². The Hall–Kier alpha value is -2.21. The third-order valence-electron chi connectivity index (χ3n) is 4.42. The van der Waals surface area contributed by atoms with Crippen LogP contribution in [-0.4, -0.2) is 60.1 Å². The van der Waals surface area contributed by atoms with Gasteiger partial charge in [0.25, 0.3) is 0 Å². The minimum atomic E-state index is 0.775. The van der Waals surface area contributed by atoms with Gasteiger partial charge in [-0.15, -0.1) is 0 Å². The second kappa shape index (κ2) is 7.13. The number of rotatable bonds is 4. The zero-order chi connectivity index (χ0) is 17.1. The zero-order valence-electron chi connectivity index (χ0n) is 15.0. The molecule has 6 nitrogen and oxygen atoms in total. The maximum absolute atomic E-state index is 4.69. The van der Waals surface area contributed by atoms with Crippen LogP contribution >= 0.6 is 0 Å². The quantitative estimate of drug-likeness (QED) is 0.855. The van der Waals surface area contributed by atoms with Crippen molar-refractivity contribution in [2.75, 3.05) is 50.1 Å². The van der Waals surface area contributed by atoms with Crippen LogP contribution in [0.15, 0.2) is 24.4 Å². The summed E-state index contributed by atoms with van der Waals surface area (Å²) < 4.78 is 0. The van der Waals surface area contributed by atoms with E-state index in [0.29, 0.717) is 0 Å². The number of nitrogens with zero attached hydrogens (tertiary/aromatic N) is 6. The SMILES string of the molecule is Cc1cc(N2CCN(Cc3ncccc3C)CC2)nc(N(C)C)n1. The summed E-state index contributed by atoms with van der Waals surface area (Å²) in [6.45, 7) is 9.09. The van der Waals surface area contributed by atoms with Gasteiger partial charge in [-0.3, -0.25) is 9.88 Å². The predicted molar refractivity (Wildman–Crippen MR) is 97.6 cm³/mol. The van der Waals surface area contributed by atoms with Crippen LogP contribution in [0.4, 0.5) is 11.8 Å². The Morgan fingerprint density at radius 1 is 1.08 bits per heavy atom. The molecule has 0 aliphatic carbocycles. The number of hydrogen-bond acceptors (Lipinski definition) is 6. The molecule has 0 spiro atoms. The molecule has 3 heterocycles. The lowest BCUT2D eigenvalue weighted by Crippen LogP contribution is -2.46. The maximum Gasteiger partial charge on any atom is 0.226 e. The molecule has 0 unspecified atom stereocenters. The molecule has 0 bridgehead atoms. The Morgan fingerprint density at radius 3 is 2.50 bits per heavy atom. The third-order valence-corrected chi connectivity index (χ3v) is 4.42. The van der Waals surface area contributed by atoms with Gasteiger partial charge in [0.2, 0.25) is 5.95 Å². The molecule has 1 fully saturated rings. The molecule has 6 heteroatoms. The number of aryl methyl sites for hydroxylation is 2. The van der Waals surface area contributed by atoms with Crippen LogP contribution < -0.4 is 9.80 Å². The fourth-order valence-corrected chi connectivity index (χ4v) is 2.93. The van der Waals surface area contributed by atoms with Crippen molar-refractivity contribution in [3.63, 3.8) is 0 Å². The van der Waals surface area contributed by atoms with Gasteiger partial charge in [-0.2, -0.15) is 4.98 Å². The van der Waals surface area contributed by atoms with E-state index in [0.717, 1.165) is 50.2 Å². The van der Waals surface area contributed by atoms with Crippen molar-refractivity contribution in [3.8, 4) is 0 Å². The fourth-order valence-electron chi connectivity index (χ4n) is 2.93. The van der Waals surface area contributed by atoms with Crippen molar-refractivity contribution in [1.29, 1.82) is 0 Å². The Labute approximate surface area is 144 Å². The highest BCUT2D eigenvalue weighted by Gasteiger charge is 2.20. The summed E-state index contributed by atoms with van der Waals surface area (Å²) in [5.41, 5.74) is 3.45. The Kier molecular flexibility index (Phi) is 4.94. The Bertz CT molecular complexity index is 692. The molecule has 1 aliphatic heterocycles. The highest BCUT2D eigenvalue weighted by molar-refractivity contribution is 5.45.